The van der Waals surface area contributed by atoms with Gasteiger partial charge < -0.3 is 19.5 Å². The van der Waals surface area contributed by atoms with Crippen molar-refractivity contribution in [3.63, 3.8) is 0 Å². The van der Waals surface area contributed by atoms with Crippen LogP contribution in [0.5, 0.6) is 5.75 Å². The molecule has 0 spiro atoms. The van der Waals surface area contributed by atoms with Gasteiger partial charge in [0.2, 0.25) is 9.84 Å². The first-order valence-corrected chi connectivity index (χ1v) is 10.4. The Morgan fingerprint density at radius 3 is 2.50 bits per heavy atom. The number of fused-ring (bicyclic) bond motifs is 2. The first kappa shape index (κ1) is 21.5. The van der Waals surface area contributed by atoms with Crippen LogP contribution in [0.2, 0.25) is 0 Å². The summed E-state index contributed by atoms with van der Waals surface area (Å²) in [5, 5.41) is 9.62. The summed E-state index contributed by atoms with van der Waals surface area (Å²) in [7, 11) is -3.21. The summed E-state index contributed by atoms with van der Waals surface area (Å²) in [6, 6.07) is 7.31. The van der Waals surface area contributed by atoms with E-state index in [1.54, 1.807) is 0 Å². The number of benzene rings is 2. The smallest absolute Gasteiger partial charge is 0.406 e. The zero-order valence-corrected chi connectivity index (χ0v) is 17.0. The zero-order chi connectivity index (χ0) is 23.4. The molecule has 0 atom stereocenters. The maximum absolute atomic E-state index is 13.4. The third-order valence-electron chi connectivity index (χ3n) is 4.87. The molecule has 2 aromatic heterocycles. The van der Waals surface area contributed by atoms with Gasteiger partial charge in [-0.2, -0.15) is 13.2 Å². The fourth-order valence-electron chi connectivity index (χ4n) is 3.44. The Morgan fingerprint density at radius 1 is 1.12 bits per heavy atom. The van der Waals surface area contributed by atoms with Gasteiger partial charge in [-0.1, -0.05) is 10.8 Å². The van der Waals surface area contributed by atoms with Gasteiger partial charge in [-0.05, 0) is 35.7 Å². The molecule has 4 rings (SSSR count). The zero-order valence-electron chi connectivity index (χ0n) is 16.2. The summed E-state index contributed by atoms with van der Waals surface area (Å²) in [6.45, 7) is -1.31. The summed E-state index contributed by atoms with van der Waals surface area (Å²) < 4.78 is 71.0. The van der Waals surface area contributed by atoms with Gasteiger partial charge in [0.15, 0.2) is 0 Å². The molecule has 0 radical (unpaired) electrons. The van der Waals surface area contributed by atoms with Gasteiger partial charge in [0.05, 0.1) is 22.4 Å². The molecule has 32 heavy (non-hydrogen) atoms. The van der Waals surface area contributed by atoms with Crippen molar-refractivity contribution >= 4 is 31.6 Å². The fraction of sp³-hybridized carbons (Fsp3) is 0.158. The molecule has 0 saturated heterocycles. The van der Waals surface area contributed by atoms with E-state index in [2.05, 4.69) is 4.98 Å². The lowest BCUT2D eigenvalue weighted by molar-refractivity contribution is -0.139. The van der Waals surface area contributed by atoms with Crippen molar-refractivity contribution in [2.24, 2.45) is 0 Å². The van der Waals surface area contributed by atoms with E-state index in [0.717, 1.165) is 16.7 Å². The van der Waals surface area contributed by atoms with Crippen molar-refractivity contribution in [1.82, 2.24) is 14.3 Å². The summed E-state index contributed by atoms with van der Waals surface area (Å²) in [6.07, 6.45) is -3.32. The average molecular weight is 469 g/mol. The lowest BCUT2D eigenvalue weighted by Crippen LogP contribution is -2.33. The Morgan fingerprint density at radius 2 is 1.84 bits per heavy atom. The highest BCUT2D eigenvalue weighted by Gasteiger charge is 2.29. The largest absolute Gasteiger partial charge is 0.496 e. The van der Waals surface area contributed by atoms with E-state index in [9.17, 15) is 36.4 Å². The first-order valence-electron chi connectivity index (χ1n) is 8.90. The maximum Gasteiger partial charge on any atom is 0.406 e. The van der Waals surface area contributed by atoms with Crippen LogP contribution in [-0.4, -0.2) is 41.2 Å². The third-order valence-corrected chi connectivity index (χ3v) is 6.67. The highest BCUT2D eigenvalue weighted by Crippen LogP contribution is 2.32. The lowest BCUT2D eigenvalue weighted by atomic mass is 10.2. The van der Waals surface area contributed by atoms with Gasteiger partial charge in [0, 0.05) is 11.7 Å². The minimum Gasteiger partial charge on any atom is -0.496 e. The number of alkyl halides is 3. The van der Waals surface area contributed by atoms with Crippen LogP contribution in [0.15, 0.2) is 62.0 Å². The van der Waals surface area contributed by atoms with Crippen molar-refractivity contribution in [2.45, 2.75) is 22.5 Å². The van der Waals surface area contributed by atoms with Crippen LogP contribution in [0, 0.1) is 0 Å². The van der Waals surface area contributed by atoms with Crippen LogP contribution in [0.25, 0.3) is 21.8 Å². The molecule has 2 heterocycles. The van der Waals surface area contributed by atoms with Crippen LogP contribution in [-0.2, 0) is 16.4 Å². The van der Waals surface area contributed by atoms with Gasteiger partial charge in [0.1, 0.15) is 17.7 Å². The molecule has 0 unspecified atom stereocenters. The number of hydrogen-bond acceptors (Lipinski definition) is 6. The summed E-state index contributed by atoms with van der Waals surface area (Å²) in [5.41, 5.74) is -2.85. The second kappa shape index (κ2) is 7.15. The lowest BCUT2D eigenvalue weighted by Gasteiger charge is -2.12. The fourth-order valence-corrected chi connectivity index (χ4v) is 4.88. The maximum atomic E-state index is 13.4. The Bertz CT molecular complexity index is 1600. The molecule has 0 aliphatic rings. The minimum atomic E-state index is -4.52. The van der Waals surface area contributed by atoms with Crippen molar-refractivity contribution in [3.05, 3.63) is 63.4 Å². The van der Waals surface area contributed by atoms with E-state index in [0.29, 0.717) is 5.39 Å². The molecule has 0 bridgehead atoms. The summed E-state index contributed by atoms with van der Waals surface area (Å²) in [5.74, 6) is -0.0995. The molecule has 2 aromatic carbocycles. The number of hydrogen-bond donors (Lipinski definition) is 2. The Kier molecular flexibility index (Phi) is 4.80. The number of aromatic amines is 1. The topological polar surface area (TPSA) is 123 Å². The van der Waals surface area contributed by atoms with Gasteiger partial charge in [-0.15, -0.1) is 0 Å². The minimum absolute atomic E-state index is 0.0347. The number of ether oxygens (including phenoxy) is 1. The predicted octanol–water partition coefficient (Wildman–Crippen LogP) is 2.29. The van der Waals surface area contributed by atoms with E-state index < -0.39 is 49.6 Å². The third kappa shape index (κ3) is 3.39. The number of nitrogens with one attached hydrogen (secondary N) is 1. The van der Waals surface area contributed by atoms with E-state index in [1.165, 1.54) is 37.6 Å². The number of rotatable bonds is 4. The molecule has 0 saturated carbocycles. The molecule has 0 fully saturated rings. The number of nitrogens with zero attached hydrogens (tertiary/aromatic N) is 2. The molecular weight excluding hydrogens is 455 g/mol. The van der Waals surface area contributed by atoms with E-state index in [4.69, 9.17) is 4.74 Å². The van der Waals surface area contributed by atoms with Crippen molar-refractivity contribution in [1.29, 1.82) is 0 Å². The molecule has 0 aliphatic heterocycles. The number of aromatic nitrogens is 3. The van der Waals surface area contributed by atoms with Gasteiger partial charge in [-0.3, -0.25) is 4.79 Å². The van der Waals surface area contributed by atoms with Gasteiger partial charge >= 0.3 is 17.4 Å². The van der Waals surface area contributed by atoms with Crippen molar-refractivity contribution < 1.29 is 31.5 Å². The second-order valence-corrected chi connectivity index (χ2v) is 8.76. The molecule has 13 heteroatoms. The molecule has 4 aromatic rings. The van der Waals surface area contributed by atoms with Crippen molar-refractivity contribution in [2.75, 3.05) is 7.11 Å². The molecule has 168 valence electrons. The standard InChI is InChI=1S/C19H14F3N3O6S/c1-31-13-4-5-14(16-15(13)17(26)25(28)18(27)23-16)32(29,30)11-3-2-10-6-7-24(12(10)8-11)9-19(20,21)22/h2-8,28H,9H2,1H3,(H,23,27). The van der Waals surface area contributed by atoms with Crippen LogP contribution in [0.3, 0.4) is 0 Å². The second-order valence-electron chi connectivity index (χ2n) is 6.85. The highest BCUT2D eigenvalue weighted by molar-refractivity contribution is 7.91. The van der Waals surface area contributed by atoms with Crippen molar-refractivity contribution in [3.8, 4) is 5.75 Å². The molecule has 0 amide bonds. The average Bonchev–Trinajstić information content (AvgIpc) is 3.11. The summed E-state index contributed by atoms with van der Waals surface area (Å²) in [4.78, 5) is 25.6. The summed E-state index contributed by atoms with van der Waals surface area (Å²) >= 11 is 0. The molecule has 2 N–H and O–H groups in total. The predicted molar refractivity (Wildman–Crippen MR) is 106 cm³/mol. The van der Waals surface area contributed by atoms with Crippen LogP contribution < -0.4 is 16.0 Å². The Balaban J connectivity index is 1.98. The first-order chi connectivity index (χ1) is 14.9. The Labute approximate surface area is 176 Å². The van der Waals surface area contributed by atoms with Crippen LogP contribution in [0.1, 0.15) is 0 Å². The number of methoxy groups -OCH3 is 1. The van der Waals surface area contributed by atoms with E-state index in [1.807, 2.05) is 0 Å². The monoisotopic (exact) mass is 469 g/mol. The number of sulfone groups is 1. The SMILES string of the molecule is COc1ccc(S(=O)(=O)c2ccc3ccn(CC(F)(F)F)c3c2)c2[nH]c(=O)n(O)c(=O)c12. The van der Waals surface area contributed by atoms with Gasteiger partial charge in [0.25, 0.3) is 0 Å². The van der Waals surface area contributed by atoms with E-state index in [-0.39, 0.29) is 20.9 Å². The normalized spacial score (nSPS) is 12.5. The molecular formula is C19H14F3N3O6S. The van der Waals surface area contributed by atoms with Crippen LogP contribution in [0.4, 0.5) is 13.2 Å². The number of halogens is 3. The highest BCUT2D eigenvalue weighted by atomic mass is 32.2. The Hall–Kier alpha value is -3.74. The van der Waals surface area contributed by atoms with Gasteiger partial charge in [-0.25, -0.2) is 13.2 Å². The van der Waals surface area contributed by atoms with Crippen LogP contribution >= 0.6 is 0 Å². The molecule has 9 nitrogen and oxygen atoms in total. The quantitative estimate of drug-likeness (QED) is 0.442. The van der Waals surface area contributed by atoms with E-state index >= 15 is 0 Å². The number of H-pyrrole nitrogens is 1. The molecule has 0 aliphatic carbocycles.